The van der Waals surface area contributed by atoms with Crippen molar-refractivity contribution in [3.8, 4) is 16.8 Å². The predicted octanol–water partition coefficient (Wildman–Crippen LogP) is 9.31. The van der Waals surface area contributed by atoms with E-state index in [1.807, 2.05) is 0 Å². The summed E-state index contributed by atoms with van der Waals surface area (Å²) >= 11 is 0. The van der Waals surface area contributed by atoms with Gasteiger partial charge in [0, 0.05) is 33.4 Å². The molecule has 0 spiro atoms. The van der Waals surface area contributed by atoms with Crippen LogP contribution in [0.4, 0.5) is 11.4 Å². The molecule has 0 fully saturated rings. The van der Waals surface area contributed by atoms with Crippen molar-refractivity contribution >= 4 is 38.8 Å². The zero-order valence-electron chi connectivity index (χ0n) is 21.0. The summed E-state index contributed by atoms with van der Waals surface area (Å²) in [6.45, 7) is 0. The number of aromatic nitrogens is 1. The zero-order valence-corrected chi connectivity index (χ0v) is 21.0. The molecular weight excluding hydrogens is 460 g/mol. The number of hydrogen-bond acceptors (Lipinski definition) is 1. The third-order valence-corrected chi connectivity index (χ3v) is 8.10. The van der Waals surface area contributed by atoms with Gasteiger partial charge in [-0.2, -0.15) is 0 Å². The molecule has 1 aromatic heterocycles. The average molecular weight is 487 g/mol. The lowest BCUT2D eigenvalue weighted by molar-refractivity contribution is 0.829. The molecule has 180 valence electrons. The zero-order chi connectivity index (χ0) is 25.1. The molecule has 6 aromatic rings. The molecule has 2 nitrogen and oxygen atoms in total. The lowest BCUT2D eigenvalue weighted by Gasteiger charge is -2.28. The maximum atomic E-state index is 2.50. The van der Waals surface area contributed by atoms with Crippen molar-refractivity contribution in [2.24, 2.45) is 0 Å². The molecule has 5 aromatic carbocycles. The van der Waals surface area contributed by atoms with Gasteiger partial charge in [0.1, 0.15) is 0 Å². The van der Waals surface area contributed by atoms with E-state index in [4.69, 9.17) is 0 Å². The van der Waals surface area contributed by atoms with Crippen LogP contribution >= 0.6 is 0 Å². The predicted molar refractivity (Wildman–Crippen MR) is 160 cm³/mol. The Kier molecular flexibility index (Phi) is 4.68. The first-order valence-corrected chi connectivity index (χ1v) is 13.3. The molecule has 0 saturated heterocycles. The second-order valence-corrected chi connectivity index (χ2v) is 10.2. The highest BCUT2D eigenvalue weighted by molar-refractivity contribution is 6.09. The van der Waals surface area contributed by atoms with Gasteiger partial charge in [-0.15, -0.1) is 0 Å². The maximum Gasteiger partial charge on any atom is 0.0632 e. The minimum absolute atomic E-state index is 0.369. The Morgan fingerprint density at radius 2 is 1.13 bits per heavy atom. The summed E-state index contributed by atoms with van der Waals surface area (Å²) in [5.41, 5.74) is 11.4. The first-order chi connectivity index (χ1) is 18.9. The molecule has 0 amide bonds. The van der Waals surface area contributed by atoms with Crippen molar-refractivity contribution in [3.63, 3.8) is 0 Å². The Morgan fingerprint density at radius 3 is 1.82 bits per heavy atom. The van der Waals surface area contributed by atoms with Crippen LogP contribution in [0.5, 0.6) is 0 Å². The normalized spacial score (nSPS) is 16.1. The molecule has 1 atom stereocenters. The summed E-state index contributed by atoms with van der Waals surface area (Å²) in [5.74, 6) is 0. The smallest absolute Gasteiger partial charge is 0.0632 e. The maximum absolute atomic E-state index is 2.50. The SMILES string of the molecule is C1=CCC2C(=C1)c1ccccc1N2c1ccc(-c2ccc(-n3c4ccccc4c4ccccc43)cc2)cc1. The van der Waals surface area contributed by atoms with Crippen LogP contribution in [0, 0.1) is 0 Å². The van der Waals surface area contributed by atoms with Gasteiger partial charge in [-0.1, -0.05) is 97.1 Å². The number of rotatable bonds is 3. The summed E-state index contributed by atoms with van der Waals surface area (Å²) in [6, 6.07) is 44.5. The number of fused-ring (bicyclic) bond motifs is 6. The third-order valence-electron chi connectivity index (χ3n) is 8.10. The molecule has 0 N–H and O–H groups in total. The molecule has 2 aliphatic rings. The highest BCUT2D eigenvalue weighted by Gasteiger charge is 2.34. The third kappa shape index (κ3) is 3.13. The molecule has 1 aliphatic heterocycles. The number of allylic oxidation sites excluding steroid dienone is 2. The highest BCUT2D eigenvalue weighted by atomic mass is 15.2. The van der Waals surface area contributed by atoms with Gasteiger partial charge in [-0.05, 0) is 65.6 Å². The van der Waals surface area contributed by atoms with E-state index >= 15 is 0 Å². The summed E-state index contributed by atoms with van der Waals surface area (Å²) in [6.07, 6.45) is 7.78. The van der Waals surface area contributed by atoms with Gasteiger partial charge in [-0.25, -0.2) is 0 Å². The number of para-hydroxylation sites is 3. The molecular formula is C36H26N2. The van der Waals surface area contributed by atoms with Crippen molar-refractivity contribution in [3.05, 3.63) is 145 Å². The van der Waals surface area contributed by atoms with Gasteiger partial charge in [0.25, 0.3) is 0 Å². The van der Waals surface area contributed by atoms with E-state index in [2.05, 4.69) is 149 Å². The molecule has 8 rings (SSSR count). The Hall–Kier alpha value is -4.82. The van der Waals surface area contributed by atoms with E-state index < -0.39 is 0 Å². The summed E-state index contributed by atoms with van der Waals surface area (Å²) < 4.78 is 2.37. The standard InChI is InChI=1S/C36H26N2/c1-5-13-33-29(9-1)30-10-2-6-14-34(30)37(33)27-21-17-25(18-22-27)26-19-23-28(24-20-26)38-35-15-7-3-11-31(35)32-12-4-8-16-36(32)38/h1-15,17-24,36H,16H2. The molecule has 1 unspecified atom stereocenters. The van der Waals surface area contributed by atoms with Gasteiger partial charge in [0.2, 0.25) is 0 Å². The van der Waals surface area contributed by atoms with Crippen molar-refractivity contribution in [1.82, 2.24) is 4.57 Å². The second-order valence-electron chi connectivity index (χ2n) is 10.2. The number of benzene rings is 5. The fraction of sp³-hybridized carbons (Fsp3) is 0.0556. The van der Waals surface area contributed by atoms with E-state index in [9.17, 15) is 0 Å². The van der Waals surface area contributed by atoms with Gasteiger partial charge < -0.3 is 9.47 Å². The van der Waals surface area contributed by atoms with Crippen LogP contribution in [0.3, 0.4) is 0 Å². The lowest BCUT2D eigenvalue weighted by Crippen LogP contribution is -2.26. The van der Waals surface area contributed by atoms with E-state index in [0.29, 0.717) is 6.04 Å². The lowest BCUT2D eigenvalue weighted by atomic mass is 9.96. The number of anilines is 2. The van der Waals surface area contributed by atoms with Crippen LogP contribution in [0.15, 0.2) is 140 Å². The van der Waals surface area contributed by atoms with Crippen LogP contribution in [0.25, 0.3) is 44.2 Å². The van der Waals surface area contributed by atoms with Crippen LogP contribution in [-0.2, 0) is 0 Å². The molecule has 1 aliphatic carbocycles. The van der Waals surface area contributed by atoms with E-state index in [0.717, 1.165) is 6.42 Å². The average Bonchev–Trinajstić information content (AvgIpc) is 3.51. The fourth-order valence-electron chi connectivity index (χ4n) is 6.36. The first kappa shape index (κ1) is 21.3. The van der Waals surface area contributed by atoms with Crippen LogP contribution in [0.2, 0.25) is 0 Å². The highest BCUT2D eigenvalue weighted by Crippen LogP contribution is 2.47. The van der Waals surface area contributed by atoms with Crippen LogP contribution in [0.1, 0.15) is 12.0 Å². The minimum atomic E-state index is 0.369. The van der Waals surface area contributed by atoms with E-state index in [1.54, 1.807) is 0 Å². The largest absolute Gasteiger partial charge is 0.333 e. The van der Waals surface area contributed by atoms with Gasteiger partial charge >= 0.3 is 0 Å². The minimum Gasteiger partial charge on any atom is -0.333 e. The van der Waals surface area contributed by atoms with Crippen molar-refractivity contribution in [2.45, 2.75) is 12.5 Å². The van der Waals surface area contributed by atoms with E-state index in [-0.39, 0.29) is 0 Å². The molecule has 2 heteroatoms. The summed E-state index contributed by atoms with van der Waals surface area (Å²) in [7, 11) is 0. The van der Waals surface area contributed by atoms with Crippen molar-refractivity contribution < 1.29 is 0 Å². The number of hydrogen-bond donors (Lipinski definition) is 0. The Morgan fingerprint density at radius 1 is 0.553 bits per heavy atom. The van der Waals surface area contributed by atoms with E-state index in [1.165, 1.54) is 61.1 Å². The monoisotopic (exact) mass is 486 g/mol. The van der Waals surface area contributed by atoms with Gasteiger partial charge in [0.05, 0.1) is 17.1 Å². The van der Waals surface area contributed by atoms with Crippen LogP contribution < -0.4 is 4.90 Å². The molecule has 0 radical (unpaired) electrons. The van der Waals surface area contributed by atoms with Crippen molar-refractivity contribution in [1.29, 1.82) is 0 Å². The molecule has 0 bridgehead atoms. The molecule has 0 saturated carbocycles. The van der Waals surface area contributed by atoms with Gasteiger partial charge in [-0.3, -0.25) is 0 Å². The molecule has 2 heterocycles. The summed E-state index contributed by atoms with van der Waals surface area (Å²) in [5, 5.41) is 2.58. The topological polar surface area (TPSA) is 8.17 Å². The van der Waals surface area contributed by atoms with Crippen LogP contribution in [-0.4, -0.2) is 10.6 Å². The Labute approximate surface area is 222 Å². The quantitative estimate of drug-likeness (QED) is 0.242. The Bertz CT molecular complexity index is 1830. The first-order valence-electron chi connectivity index (χ1n) is 13.3. The fourth-order valence-corrected chi connectivity index (χ4v) is 6.36. The second kappa shape index (κ2) is 8.36. The Balaban J connectivity index is 1.14. The van der Waals surface area contributed by atoms with Gasteiger partial charge in [0.15, 0.2) is 0 Å². The summed E-state index contributed by atoms with van der Waals surface area (Å²) in [4.78, 5) is 2.50. The van der Waals surface area contributed by atoms with Crippen molar-refractivity contribution in [2.75, 3.05) is 4.90 Å². The number of nitrogens with zero attached hydrogens (tertiary/aromatic N) is 2. The molecule has 38 heavy (non-hydrogen) atoms.